The molecule has 41 heavy (non-hydrogen) atoms. The fraction of sp³-hybridized carbons (Fsp3) is 0.222. The van der Waals surface area contributed by atoms with Crippen molar-refractivity contribution in [1.82, 2.24) is 9.97 Å². The van der Waals surface area contributed by atoms with Gasteiger partial charge in [-0.15, -0.1) is 54.1 Å². The fourth-order valence-electron chi connectivity index (χ4n) is 5.72. The summed E-state index contributed by atoms with van der Waals surface area (Å²) in [6.07, 6.45) is 9.01. The molecule has 0 unspecified atom stereocenters. The minimum absolute atomic E-state index is 0. The summed E-state index contributed by atoms with van der Waals surface area (Å²) in [5.41, 5.74) is 7.34. The van der Waals surface area contributed by atoms with Crippen LogP contribution < -0.4 is 5.19 Å². The number of hydrogen-bond donors (Lipinski definition) is 0. The molecular formula is C36H34IrN2OSi-2. The summed E-state index contributed by atoms with van der Waals surface area (Å²) in [5, 5.41) is 3.74. The van der Waals surface area contributed by atoms with Crippen LogP contribution in [0.1, 0.15) is 37.2 Å². The molecule has 0 atom stereocenters. The quantitative estimate of drug-likeness (QED) is 0.134. The van der Waals surface area contributed by atoms with Crippen LogP contribution in [0, 0.1) is 12.1 Å². The number of pyridine rings is 2. The number of fused-ring (bicyclic) bond motifs is 3. The number of benzene rings is 3. The zero-order chi connectivity index (χ0) is 27.5. The number of hydrogen-bond acceptors (Lipinski definition) is 3. The van der Waals surface area contributed by atoms with Crippen molar-refractivity contribution in [3.63, 3.8) is 0 Å². The van der Waals surface area contributed by atoms with E-state index in [-0.39, 0.29) is 20.1 Å². The average molecular weight is 731 g/mol. The van der Waals surface area contributed by atoms with Crippen molar-refractivity contribution in [2.45, 2.75) is 51.2 Å². The molecule has 0 spiro atoms. The first kappa shape index (κ1) is 29.1. The SMILES string of the molecule is C[Si](C)(C)c1cccc2c1oc1c(-c3cc(C4CCCC4)ccn3)[c-]ccc12.[Ir].[c-]1ccccc1-c1ccccn1. The summed E-state index contributed by atoms with van der Waals surface area (Å²) in [6.45, 7) is 7.11. The zero-order valence-electron chi connectivity index (χ0n) is 23.8. The number of aromatic nitrogens is 2. The van der Waals surface area contributed by atoms with E-state index in [4.69, 9.17) is 4.42 Å². The van der Waals surface area contributed by atoms with Gasteiger partial charge in [-0.1, -0.05) is 85.4 Å². The summed E-state index contributed by atoms with van der Waals surface area (Å²) < 4.78 is 6.52. The normalized spacial score (nSPS) is 13.5. The van der Waals surface area contributed by atoms with Crippen LogP contribution in [0.5, 0.6) is 0 Å². The number of nitrogens with zero attached hydrogens (tertiary/aromatic N) is 2. The van der Waals surface area contributed by atoms with Crippen molar-refractivity contribution in [3.05, 3.63) is 115 Å². The van der Waals surface area contributed by atoms with Crippen LogP contribution in [0.4, 0.5) is 0 Å². The largest absolute Gasteiger partial charge is 0.501 e. The Kier molecular flexibility index (Phi) is 8.99. The molecule has 209 valence electrons. The van der Waals surface area contributed by atoms with Crippen molar-refractivity contribution in [1.29, 1.82) is 0 Å². The van der Waals surface area contributed by atoms with Crippen LogP contribution in [-0.2, 0) is 20.1 Å². The van der Waals surface area contributed by atoms with Crippen LogP contribution in [0.2, 0.25) is 19.6 Å². The van der Waals surface area contributed by atoms with Gasteiger partial charge in [0.2, 0.25) is 0 Å². The maximum Gasteiger partial charge on any atom is 0.120 e. The van der Waals surface area contributed by atoms with Gasteiger partial charge in [0.05, 0.1) is 13.7 Å². The zero-order valence-corrected chi connectivity index (χ0v) is 27.2. The molecule has 1 aliphatic rings. The molecule has 1 fully saturated rings. The molecule has 0 N–H and O–H groups in total. The molecule has 3 nitrogen and oxygen atoms in total. The van der Waals surface area contributed by atoms with Gasteiger partial charge in [-0.2, -0.15) is 0 Å². The predicted octanol–water partition coefficient (Wildman–Crippen LogP) is 9.20. The molecule has 1 aliphatic carbocycles. The summed E-state index contributed by atoms with van der Waals surface area (Å²) >= 11 is 0. The van der Waals surface area contributed by atoms with E-state index in [1.165, 1.54) is 41.8 Å². The molecule has 0 amide bonds. The minimum atomic E-state index is -1.50. The number of furan rings is 1. The van der Waals surface area contributed by atoms with Gasteiger partial charge >= 0.3 is 0 Å². The molecule has 3 aromatic heterocycles. The third kappa shape index (κ3) is 6.28. The van der Waals surface area contributed by atoms with E-state index in [9.17, 15) is 0 Å². The molecule has 0 aliphatic heterocycles. The van der Waals surface area contributed by atoms with Gasteiger partial charge in [0.15, 0.2) is 0 Å². The first-order valence-corrected chi connectivity index (χ1v) is 17.7. The van der Waals surface area contributed by atoms with Crippen LogP contribution >= 0.6 is 0 Å². The Morgan fingerprint density at radius 3 is 2.24 bits per heavy atom. The van der Waals surface area contributed by atoms with E-state index in [0.29, 0.717) is 5.92 Å². The Morgan fingerprint density at radius 1 is 0.732 bits per heavy atom. The molecular weight excluding hydrogens is 697 g/mol. The maximum atomic E-state index is 6.52. The Balaban J connectivity index is 0.000000218. The summed E-state index contributed by atoms with van der Waals surface area (Å²) in [6, 6.07) is 35.4. The molecule has 6 aromatic rings. The van der Waals surface area contributed by atoms with Gasteiger partial charge in [-0.3, -0.25) is 0 Å². The second-order valence-electron chi connectivity index (χ2n) is 11.6. The van der Waals surface area contributed by atoms with Gasteiger partial charge < -0.3 is 14.4 Å². The maximum absolute atomic E-state index is 6.52. The first-order valence-electron chi connectivity index (χ1n) is 14.2. The second-order valence-corrected chi connectivity index (χ2v) is 16.6. The standard InChI is InChI=1S/C25H26NOSi.C11H8N.Ir/c1-28(2,3)23-13-7-11-20-19-10-6-12-21(24(19)27-25(20)23)22-16-18(14-15-26-22)17-8-4-5-9-17;1-2-6-10(7-3-1)11-8-4-5-9-12-11;/h6-7,10-11,13-17H,4-5,8-9H2,1-3H3;1-6,8-9H;/q2*-1;. The topological polar surface area (TPSA) is 38.9 Å². The van der Waals surface area contributed by atoms with Gasteiger partial charge in [0, 0.05) is 37.9 Å². The minimum Gasteiger partial charge on any atom is -0.501 e. The molecule has 0 bridgehead atoms. The van der Waals surface area contributed by atoms with E-state index in [0.717, 1.165) is 39.1 Å². The molecule has 1 saturated carbocycles. The monoisotopic (exact) mass is 731 g/mol. The fourth-order valence-corrected chi connectivity index (χ4v) is 7.18. The molecule has 1 radical (unpaired) electrons. The van der Waals surface area contributed by atoms with E-state index in [1.807, 2.05) is 54.7 Å². The third-order valence-corrected chi connectivity index (χ3v) is 9.79. The Hall–Kier alpha value is -3.37. The third-order valence-electron chi connectivity index (χ3n) is 7.78. The summed E-state index contributed by atoms with van der Waals surface area (Å²) in [7, 11) is -1.50. The van der Waals surface area contributed by atoms with Crippen LogP contribution in [0.3, 0.4) is 0 Å². The van der Waals surface area contributed by atoms with Crippen LogP contribution in [-0.4, -0.2) is 18.0 Å². The molecule has 5 heteroatoms. The van der Waals surface area contributed by atoms with Gasteiger partial charge in [-0.05, 0) is 47.5 Å². The number of para-hydroxylation sites is 1. The van der Waals surface area contributed by atoms with Gasteiger partial charge in [0.1, 0.15) is 5.58 Å². The average Bonchev–Trinajstić information content (AvgIpc) is 3.67. The van der Waals surface area contributed by atoms with E-state index in [2.05, 4.69) is 78.1 Å². The Morgan fingerprint density at radius 2 is 1.51 bits per heavy atom. The second kappa shape index (κ2) is 12.6. The first-order chi connectivity index (χ1) is 19.5. The van der Waals surface area contributed by atoms with Crippen molar-refractivity contribution in [2.75, 3.05) is 0 Å². The van der Waals surface area contributed by atoms with E-state index < -0.39 is 8.07 Å². The van der Waals surface area contributed by atoms with Crippen LogP contribution in [0.25, 0.3) is 44.5 Å². The summed E-state index contributed by atoms with van der Waals surface area (Å²) in [5.74, 6) is 0.676. The molecule has 7 rings (SSSR count). The van der Waals surface area contributed by atoms with Crippen molar-refractivity contribution >= 4 is 35.2 Å². The van der Waals surface area contributed by atoms with Gasteiger partial charge in [-0.25, -0.2) is 0 Å². The Labute approximate surface area is 257 Å². The van der Waals surface area contributed by atoms with Crippen LogP contribution in [0.15, 0.2) is 102 Å². The van der Waals surface area contributed by atoms with E-state index >= 15 is 0 Å². The molecule has 3 heterocycles. The van der Waals surface area contributed by atoms with Gasteiger partial charge in [0.25, 0.3) is 0 Å². The van der Waals surface area contributed by atoms with E-state index in [1.54, 1.807) is 6.20 Å². The summed E-state index contributed by atoms with van der Waals surface area (Å²) in [4.78, 5) is 8.91. The molecule has 3 aromatic carbocycles. The predicted molar refractivity (Wildman–Crippen MR) is 168 cm³/mol. The Bertz CT molecular complexity index is 1700. The van der Waals surface area contributed by atoms with Crippen molar-refractivity contribution in [3.8, 4) is 22.5 Å². The van der Waals surface area contributed by atoms with Crippen molar-refractivity contribution < 1.29 is 24.5 Å². The number of rotatable bonds is 4. The molecule has 0 saturated heterocycles. The van der Waals surface area contributed by atoms with Crippen molar-refractivity contribution in [2.24, 2.45) is 0 Å². The smallest absolute Gasteiger partial charge is 0.120 e.